The first-order valence-corrected chi connectivity index (χ1v) is 13.9. The van der Waals surface area contributed by atoms with Crippen LogP contribution >= 0.6 is 0 Å². The number of sulfonamides is 1. The smallest absolute Gasteiger partial charge is 0.271 e. The van der Waals surface area contributed by atoms with Gasteiger partial charge in [0.25, 0.3) is 5.91 Å². The molecule has 1 aliphatic heterocycles. The van der Waals surface area contributed by atoms with Crippen molar-refractivity contribution in [2.24, 2.45) is 5.10 Å². The van der Waals surface area contributed by atoms with E-state index in [1.807, 2.05) is 37.3 Å². The third kappa shape index (κ3) is 6.80. The lowest BCUT2D eigenvalue weighted by molar-refractivity contribution is 0.0954. The van der Waals surface area contributed by atoms with Crippen LogP contribution in [0.25, 0.3) is 0 Å². The molecule has 7 nitrogen and oxygen atoms in total. The molecule has 3 aromatic rings. The molecular formula is C28H32N4O3S. The molecule has 0 spiro atoms. The van der Waals surface area contributed by atoms with Crippen molar-refractivity contribution in [1.82, 2.24) is 10.3 Å². The first-order valence-electron chi connectivity index (χ1n) is 12.0. The highest BCUT2D eigenvalue weighted by molar-refractivity contribution is 7.92. The minimum Gasteiger partial charge on any atom is -0.298 e. The van der Waals surface area contributed by atoms with Gasteiger partial charge in [-0.3, -0.25) is 14.0 Å². The van der Waals surface area contributed by atoms with Crippen LogP contribution in [-0.2, 0) is 23.1 Å². The maximum absolute atomic E-state index is 12.6. The number of rotatable bonds is 8. The summed E-state index contributed by atoms with van der Waals surface area (Å²) in [6, 6.07) is 24.7. The second-order valence-electron chi connectivity index (χ2n) is 9.12. The number of hydrazone groups is 1. The Labute approximate surface area is 213 Å². The Kier molecular flexibility index (Phi) is 8.18. The fourth-order valence-electron chi connectivity index (χ4n) is 4.24. The predicted molar refractivity (Wildman–Crippen MR) is 145 cm³/mol. The third-order valence-corrected chi connectivity index (χ3v) is 7.53. The molecule has 0 bridgehead atoms. The Balaban J connectivity index is 1.35. The van der Waals surface area contributed by atoms with Gasteiger partial charge in [0.05, 0.1) is 18.5 Å². The lowest BCUT2D eigenvalue weighted by Gasteiger charge is -2.27. The first-order chi connectivity index (χ1) is 17.3. The number of hydrogen-bond acceptors (Lipinski definition) is 5. The lowest BCUT2D eigenvalue weighted by atomic mass is 10.1. The topological polar surface area (TPSA) is 82.1 Å². The van der Waals surface area contributed by atoms with Crippen molar-refractivity contribution < 1.29 is 13.2 Å². The number of piperidine rings is 1. The summed E-state index contributed by atoms with van der Waals surface area (Å²) in [5, 5.41) is 4.35. The Morgan fingerprint density at radius 3 is 2.22 bits per heavy atom. The zero-order valence-corrected chi connectivity index (χ0v) is 21.5. The Morgan fingerprint density at radius 1 is 0.944 bits per heavy atom. The highest BCUT2D eigenvalue weighted by atomic mass is 32.2. The molecular weight excluding hydrogens is 472 g/mol. The van der Waals surface area contributed by atoms with Crippen LogP contribution in [0.3, 0.4) is 0 Å². The molecule has 0 aliphatic carbocycles. The number of amides is 1. The number of aryl methyl sites for hydroxylation is 1. The van der Waals surface area contributed by atoms with Crippen LogP contribution in [0.4, 0.5) is 5.69 Å². The summed E-state index contributed by atoms with van der Waals surface area (Å²) in [4.78, 5) is 15.0. The van der Waals surface area contributed by atoms with E-state index in [2.05, 4.69) is 39.7 Å². The van der Waals surface area contributed by atoms with Crippen molar-refractivity contribution >= 4 is 27.3 Å². The van der Waals surface area contributed by atoms with Gasteiger partial charge in [0.1, 0.15) is 0 Å². The molecule has 1 N–H and O–H groups in total. The van der Waals surface area contributed by atoms with Crippen LogP contribution < -0.4 is 9.73 Å². The van der Waals surface area contributed by atoms with Gasteiger partial charge in [-0.15, -0.1) is 0 Å². The third-order valence-electron chi connectivity index (χ3n) is 6.39. The molecule has 36 heavy (non-hydrogen) atoms. The second kappa shape index (κ2) is 11.5. The van der Waals surface area contributed by atoms with Crippen molar-refractivity contribution in [3.05, 3.63) is 101 Å². The number of hydrogen-bond donors (Lipinski definition) is 1. The molecule has 0 saturated carbocycles. The molecule has 1 heterocycles. The second-order valence-corrected chi connectivity index (χ2v) is 11.0. The number of carbonyl (C=O) groups is 1. The average Bonchev–Trinajstić information content (AvgIpc) is 2.88. The molecule has 8 heteroatoms. The highest BCUT2D eigenvalue weighted by Gasteiger charge is 2.20. The summed E-state index contributed by atoms with van der Waals surface area (Å²) in [6.45, 7) is 4.91. The normalized spacial score (nSPS) is 14.3. The summed E-state index contributed by atoms with van der Waals surface area (Å²) < 4.78 is 26.3. The fraction of sp³-hybridized carbons (Fsp3) is 0.286. The summed E-state index contributed by atoms with van der Waals surface area (Å²) in [5.41, 5.74) is 7.81. The van der Waals surface area contributed by atoms with E-state index in [0.29, 0.717) is 11.3 Å². The molecule has 0 atom stereocenters. The van der Waals surface area contributed by atoms with E-state index in [9.17, 15) is 13.2 Å². The van der Waals surface area contributed by atoms with Gasteiger partial charge in [-0.25, -0.2) is 13.8 Å². The van der Waals surface area contributed by atoms with Gasteiger partial charge < -0.3 is 0 Å². The highest BCUT2D eigenvalue weighted by Crippen LogP contribution is 2.22. The van der Waals surface area contributed by atoms with E-state index in [1.165, 1.54) is 16.1 Å². The number of carbonyl (C=O) groups excluding carboxylic acids is 1. The molecule has 0 aromatic heterocycles. The minimum absolute atomic E-state index is 0.228. The van der Waals surface area contributed by atoms with Crippen LogP contribution in [-0.4, -0.2) is 44.3 Å². The predicted octanol–water partition coefficient (Wildman–Crippen LogP) is 4.34. The number of nitrogens with zero attached hydrogens (tertiary/aromatic N) is 3. The van der Waals surface area contributed by atoms with E-state index in [-0.39, 0.29) is 12.5 Å². The van der Waals surface area contributed by atoms with Gasteiger partial charge in [-0.2, -0.15) is 5.10 Å². The largest absolute Gasteiger partial charge is 0.298 e. The van der Waals surface area contributed by atoms with E-state index < -0.39 is 10.0 Å². The minimum atomic E-state index is -3.51. The fourth-order valence-corrected chi connectivity index (χ4v) is 5.12. The molecule has 1 saturated heterocycles. The molecule has 3 aromatic carbocycles. The molecule has 188 valence electrons. The van der Waals surface area contributed by atoms with Crippen LogP contribution in [0.2, 0.25) is 0 Å². The van der Waals surface area contributed by atoms with Crippen molar-refractivity contribution in [2.75, 3.05) is 23.7 Å². The Hall–Kier alpha value is -3.49. The maximum Gasteiger partial charge on any atom is 0.271 e. The summed E-state index contributed by atoms with van der Waals surface area (Å²) in [7, 11) is -3.51. The average molecular weight is 505 g/mol. The molecule has 0 unspecified atom stereocenters. The van der Waals surface area contributed by atoms with E-state index in [4.69, 9.17) is 0 Å². The van der Waals surface area contributed by atoms with Crippen molar-refractivity contribution in [3.8, 4) is 0 Å². The van der Waals surface area contributed by atoms with Crippen LogP contribution in [0.5, 0.6) is 0 Å². The van der Waals surface area contributed by atoms with E-state index in [1.54, 1.807) is 24.3 Å². The van der Waals surface area contributed by atoms with E-state index in [0.717, 1.165) is 49.3 Å². The quantitative estimate of drug-likeness (QED) is 0.463. The van der Waals surface area contributed by atoms with Crippen LogP contribution in [0, 0.1) is 6.92 Å². The van der Waals surface area contributed by atoms with Gasteiger partial charge in [0.15, 0.2) is 0 Å². The van der Waals surface area contributed by atoms with Gasteiger partial charge in [0.2, 0.25) is 10.0 Å². The molecule has 4 rings (SSSR count). The summed E-state index contributed by atoms with van der Waals surface area (Å²) in [6.07, 6.45) is 2.82. The van der Waals surface area contributed by atoms with Gasteiger partial charge in [-0.1, -0.05) is 54.6 Å². The maximum atomic E-state index is 12.6. The van der Waals surface area contributed by atoms with Crippen molar-refractivity contribution in [1.29, 1.82) is 0 Å². The molecule has 1 fully saturated rings. The Morgan fingerprint density at radius 2 is 1.58 bits per heavy atom. The van der Waals surface area contributed by atoms with Gasteiger partial charge >= 0.3 is 0 Å². The van der Waals surface area contributed by atoms with Crippen molar-refractivity contribution in [3.63, 3.8) is 0 Å². The van der Waals surface area contributed by atoms with Crippen LogP contribution in [0.1, 0.15) is 39.9 Å². The van der Waals surface area contributed by atoms with E-state index >= 15 is 0 Å². The lowest BCUT2D eigenvalue weighted by Crippen LogP contribution is -2.34. The number of nitrogens with one attached hydrogen (secondary N) is 1. The SMILES string of the molecule is Cc1ccccc1CN(c1ccc(C(=O)NN=C2CCN(Cc3ccccc3)CC2)cc1)S(C)(=O)=O. The van der Waals surface area contributed by atoms with Crippen LogP contribution in [0.15, 0.2) is 84.0 Å². The summed E-state index contributed by atoms with van der Waals surface area (Å²) in [5.74, 6) is -0.314. The molecule has 1 aliphatic rings. The van der Waals surface area contributed by atoms with Gasteiger partial charge in [0, 0.05) is 43.8 Å². The number of benzene rings is 3. The molecule has 1 amide bonds. The molecule has 0 radical (unpaired) electrons. The monoisotopic (exact) mass is 504 g/mol. The zero-order chi connectivity index (χ0) is 25.5. The summed E-state index contributed by atoms with van der Waals surface area (Å²) >= 11 is 0. The number of likely N-dealkylation sites (tertiary alicyclic amines) is 1. The zero-order valence-electron chi connectivity index (χ0n) is 20.7. The standard InChI is InChI=1S/C28H32N4O3S/c1-22-8-6-7-11-25(22)21-32(36(2,34)35)27-14-12-24(13-15-27)28(33)30-29-26-16-18-31(19-17-26)20-23-9-4-3-5-10-23/h3-15H,16-21H2,1-2H3,(H,30,33). The van der Waals surface area contributed by atoms with Crippen molar-refractivity contribution in [2.45, 2.75) is 32.9 Å². The number of anilines is 1. The van der Waals surface area contributed by atoms with Gasteiger partial charge in [-0.05, 0) is 47.9 Å². The first kappa shape index (κ1) is 25.6. The Bertz CT molecular complexity index is 1310.